The van der Waals surface area contributed by atoms with E-state index in [1.165, 1.54) is 22.3 Å². The predicted octanol–water partition coefficient (Wildman–Crippen LogP) is 5.37. The highest BCUT2D eigenvalue weighted by atomic mass is 32.1. The Morgan fingerprint density at radius 2 is 1.59 bits per heavy atom. The number of benzene rings is 1. The van der Waals surface area contributed by atoms with Crippen LogP contribution in [0, 0.1) is 13.8 Å². The van der Waals surface area contributed by atoms with Gasteiger partial charge in [-0.2, -0.15) is 0 Å². The van der Waals surface area contributed by atoms with Gasteiger partial charge in [-0.25, -0.2) is 0 Å². The minimum absolute atomic E-state index is 0.565. The summed E-state index contributed by atoms with van der Waals surface area (Å²) in [7, 11) is 0. The zero-order chi connectivity index (χ0) is 13.2. The Bertz CT molecular complexity index is 419. The Hall–Kier alpha value is -0.340. The van der Waals surface area contributed by atoms with E-state index in [4.69, 9.17) is 0 Å². The Kier molecular flexibility index (Phi) is 5.21. The van der Waals surface area contributed by atoms with Gasteiger partial charge in [0.25, 0.3) is 0 Å². The quantitative estimate of drug-likeness (QED) is 0.676. The van der Waals surface area contributed by atoms with E-state index in [-0.39, 0.29) is 0 Å². The molecule has 1 aromatic rings. The van der Waals surface area contributed by atoms with Crippen LogP contribution in [-0.4, -0.2) is 0 Å². The van der Waals surface area contributed by atoms with E-state index in [1.54, 1.807) is 0 Å². The van der Waals surface area contributed by atoms with Crippen LogP contribution in [0.3, 0.4) is 0 Å². The van der Waals surface area contributed by atoms with Crippen molar-refractivity contribution in [2.45, 2.75) is 47.0 Å². The Morgan fingerprint density at radius 3 is 1.94 bits per heavy atom. The Balaban J connectivity index is 3.38. The summed E-state index contributed by atoms with van der Waals surface area (Å²) in [5.41, 5.74) is 5.21. The highest BCUT2D eigenvalue weighted by Gasteiger charge is 2.11. The zero-order valence-electron chi connectivity index (χ0n) is 11.3. The maximum absolute atomic E-state index is 4.62. The number of thiol groups is 2. The maximum Gasteiger partial charge on any atom is 0.0211 e. The van der Waals surface area contributed by atoms with Gasteiger partial charge in [-0.15, -0.1) is 25.3 Å². The van der Waals surface area contributed by atoms with Gasteiger partial charge in [-0.3, -0.25) is 0 Å². The molecule has 0 saturated carbocycles. The molecule has 2 heteroatoms. The molecular weight excluding hydrogens is 244 g/mol. The minimum atomic E-state index is 0.565. The summed E-state index contributed by atoms with van der Waals surface area (Å²) in [6.45, 7) is 10.9. The molecule has 0 atom stereocenters. The van der Waals surface area contributed by atoms with Crippen molar-refractivity contribution < 1.29 is 0 Å². The molecule has 1 aromatic carbocycles. The summed E-state index contributed by atoms with van der Waals surface area (Å²) < 4.78 is 0. The lowest BCUT2D eigenvalue weighted by Gasteiger charge is -2.16. The van der Waals surface area contributed by atoms with Crippen LogP contribution in [0.1, 0.15) is 55.4 Å². The van der Waals surface area contributed by atoms with Gasteiger partial charge in [0, 0.05) is 4.91 Å². The van der Waals surface area contributed by atoms with E-state index >= 15 is 0 Å². The first-order chi connectivity index (χ1) is 7.88. The van der Waals surface area contributed by atoms with Crippen molar-refractivity contribution in [1.82, 2.24) is 0 Å². The topological polar surface area (TPSA) is 0 Å². The molecule has 0 nitrogen and oxygen atoms in total. The van der Waals surface area contributed by atoms with Gasteiger partial charge in [-0.05, 0) is 53.3 Å². The SMILES string of the molecule is CCC(S)=C(S)c1c(C)cc(C(C)C)cc1C. The summed E-state index contributed by atoms with van der Waals surface area (Å²) in [4.78, 5) is 2.07. The van der Waals surface area contributed by atoms with Gasteiger partial charge >= 0.3 is 0 Å². The molecule has 0 aromatic heterocycles. The Morgan fingerprint density at radius 1 is 1.12 bits per heavy atom. The molecule has 0 bridgehead atoms. The van der Waals surface area contributed by atoms with E-state index in [1.807, 2.05) is 0 Å². The summed E-state index contributed by atoms with van der Waals surface area (Å²) >= 11 is 9.12. The summed E-state index contributed by atoms with van der Waals surface area (Å²) in [6.07, 6.45) is 0.923. The van der Waals surface area contributed by atoms with Crippen molar-refractivity contribution >= 4 is 30.2 Å². The molecule has 0 heterocycles. The second-order valence-electron chi connectivity index (χ2n) is 4.83. The third-order valence-corrected chi connectivity index (χ3v) is 4.28. The predicted molar refractivity (Wildman–Crippen MR) is 85.2 cm³/mol. The van der Waals surface area contributed by atoms with E-state index in [2.05, 4.69) is 72.0 Å². The Labute approximate surface area is 116 Å². The van der Waals surface area contributed by atoms with Crippen LogP contribution in [0.25, 0.3) is 4.91 Å². The van der Waals surface area contributed by atoms with Crippen molar-refractivity contribution in [3.05, 3.63) is 39.3 Å². The normalized spacial score (nSPS) is 12.9. The smallest absolute Gasteiger partial charge is 0.0211 e. The summed E-state index contributed by atoms with van der Waals surface area (Å²) in [5.74, 6) is 0.565. The van der Waals surface area contributed by atoms with Crippen LogP contribution in [0.15, 0.2) is 17.0 Å². The van der Waals surface area contributed by atoms with E-state index in [9.17, 15) is 0 Å². The zero-order valence-corrected chi connectivity index (χ0v) is 13.1. The number of aryl methyl sites for hydroxylation is 2. The number of hydrogen-bond acceptors (Lipinski definition) is 2. The first-order valence-corrected chi connectivity index (χ1v) is 7.00. The van der Waals surface area contributed by atoms with Crippen LogP contribution >= 0.6 is 25.3 Å². The first-order valence-electron chi connectivity index (χ1n) is 6.11. The molecule has 1 rings (SSSR count). The molecule has 0 aliphatic heterocycles. The van der Waals surface area contributed by atoms with Crippen LogP contribution < -0.4 is 0 Å². The molecular formula is C15H22S2. The highest BCUT2D eigenvalue weighted by Crippen LogP contribution is 2.33. The second kappa shape index (κ2) is 6.01. The van der Waals surface area contributed by atoms with Crippen molar-refractivity contribution in [2.75, 3.05) is 0 Å². The molecule has 0 radical (unpaired) electrons. The third-order valence-electron chi connectivity index (χ3n) is 3.07. The lowest BCUT2D eigenvalue weighted by molar-refractivity contribution is 0.862. The fraction of sp³-hybridized carbons (Fsp3) is 0.467. The van der Waals surface area contributed by atoms with Crippen molar-refractivity contribution in [3.8, 4) is 0 Å². The van der Waals surface area contributed by atoms with E-state index in [0.717, 1.165) is 16.2 Å². The van der Waals surface area contributed by atoms with E-state index < -0.39 is 0 Å². The van der Waals surface area contributed by atoms with Crippen molar-refractivity contribution in [3.63, 3.8) is 0 Å². The van der Waals surface area contributed by atoms with Gasteiger partial charge < -0.3 is 0 Å². The standard InChI is InChI=1S/C15H22S2/c1-6-13(16)15(17)14-10(4)7-12(9(2)3)8-11(14)5/h7-9,16-17H,6H2,1-5H3. The lowest BCUT2D eigenvalue weighted by Crippen LogP contribution is -1.96. The van der Waals surface area contributed by atoms with Gasteiger partial charge in [0.2, 0.25) is 0 Å². The number of allylic oxidation sites excluding steroid dienone is 1. The van der Waals surface area contributed by atoms with Crippen LogP contribution in [0.4, 0.5) is 0 Å². The summed E-state index contributed by atoms with van der Waals surface area (Å²) in [5, 5.41) is 0. The molecule has 0 aliphatic carbocycles. The number of rotatable bonds is 3. The second-order valence-corrected chi connectivity index (χ2v) is 5.82. The van der Waals surface area contributed by atoms with Crippen LogP contribution in [0.5, 0.6) is 0 Å². The first kappa shape index (κ1) is 14.7. The fourth-order valence-corrected chi connectivity index (χ4v) is 2.64. The summed E-state index contributed by atoms with van der Waals surface area (Å²) in [6, 6.07) is 4.53. The van der Waals surface area contributed by atoms with Crippen molar-refractivity contribution in [2.24, 2.45) is 0 Å². The average molecular weight is 266 g/mol. The number of hydrogen-bond donors (Lipinski definition) is 2. The monoisotopic (exact) mass is 266 g/mol. The van der Waals surface area contributed by atoms with Crippen LogP contribution in [-0.2, 0) is 0 Å². The molecule has 0 unspecified atom stereocenters. The van der Waals surface area contributed by atoms with Gasteiger partial charge in [0.05, 0.1) is 0 Å². The molecule has 0 amide bonds. The fourth-order valence-electron chi connectivity index (χ4n) is 2.02. The van der Waals surface area contributed by atoms with Crippen molar-refractivity contribution in [1.29, 1.82) is 0 Å². The molecule has 0 fully saturated rings. The van der Waals surface area contributed by atoms with Gasteiger partial charge in [0.1, 0.15) is 0 Å². The average Bonchev–Trinajstić information content (AvgIpc) is 2.26. The van der Waals surface area contributed by atoms with E-state index in [0.29, 0.717) is 5.92 Å². The third kappa shape index (κ3) is 3.32. The minimum Gasteiger partial charge on any atom is -0.147 e. The molecule has 17 heavy (non-hydrogen) atoms. The molecule has 0 N–H and O–H groups in total. The van der Waals surface area contributed by atoms with Gasteiger partial charge in [-0.1, -0.05) is 32.9 Å². The highest BCUT2D eigenvalue weighted by molar-refractivity contribution is 7.93. The molecule has 0 aliphatic rings. The maximum atomic E-state index is 4.62. The largest absolute Gasteiger partial charge is 0.147 e. The molecule has 0 spiro atoms. The van der Waals surface area contributed by atoms with Crippen LogP contribution in [0.2, 0.25) is 0 Å². The van der Waals surface area contributed by atoms with Gasteiger partial charge in [0.15, 0.2) is 0 Å². The molecule has 0 saturated heterocycles. The lowest BCUT2D eigenvalue weighted by atomic mass is 9.93. The molecule has 94 valence electrons.